The van der Waals surface area contributed by atoms with Crippen LogP contribution in [0.4, 0.5) is 0 Å². The van der Waals surface area contributed by atoms with Crippen LogP contribution in [0.1, 0.15) is 28.9 Å². The van der Waals surface area contributed by atoms with E-state index in [2.05, 4.69) is 5.32 Å². The van der Waals surface area contributed by atoms with Gasteiger partial charge >= 0.3 is 0 Å². The van der Waals surface area contributed by atoms with Crippen LogP contribution in [0.15, 0.2) is 48.7 Å². The fraction of sp³-hybridized carbons (Fsp3) is 0.353. The van der Waals surface area contributed by atoms with Crippen molar-refractivity contribution in [1.82, 2.24) is 9.88 Å². The molecule has 1 heterocycles. The Labute approximate surface area is 124 Å². The Morgan fingerprint density at radius 1 is 1.24 bits per heavy atom. The van der Waals surface area contributed by atoms with Gasteiger partial charge in [-0.1, -0.05) is 30.3 Å². The largest absolute Gasteiger partial charge is 0.391 e. The smallest absolute Gasteiger partial charge is 0.268 e. The number of nitrogens with one attached hydrogen (secondary N) is 1. The Balaban J connectivity index is 1.62. The second-order valence-electron chi connectivity index (χ2n) is 5.62. The maximum absolute atomic E-state index is 12.2. The summed E-state index contributed by atoms with van der Waals surface area (Å²) in [6, 6.07) is 13.7. The number of aromatic nitrogens is 1. The number of hydrogen-bond acceptors (Lipinski definition) is 2. The molecule has 1 unspecified atom stereocenters. The lowest BCUT2D eigenvalue weighted by Crippen LogP contribution is -2.34. The summed E-state index contributed by atoms with van der Waals surface area (Å²) in [4.78, 5) is 12.2. The lowest BCUT2D eigenvalue weighted by atomic mass is 10.2. The Morgan fingerprint density at radius 3 is 2.71 bits per heavy atom. The third-order valence-corrected chi connectivity index (χ3v) is 3.90. The Morgan fingerprint density at radius 2 is 2.00 bits per heavy atom. The molecule has 3 rings (SSSR count). The number of aliphatic hydroxyl groups is 1. The standard InChI is InChI=1S/C17H20N2O2/c20-16(14-8-9-14)11-18-17(21)15-7-4-10-19(15)12-13-5-2-1-3-6-13/h1-7,10,14,16,20H,8-9,11-12H2,(H,18,21). The monoisotopic (exact) mass is 284 g/mol. The molecular weight excluding hydrogens is 264 g/mol. The minimum absolute atomic E-state index is 0.129. The molecule has 4 nitrogen and oxygen atoms in total. The van der Waals surface area contributed by atoms with Gasteiger partial charge in [0, 0.05) is 19.3 Å². The summed E-state index contributed by atoms with van der Waals surface area (Å²) >= 11 is 0. The first-order valence-corrected chi connectivity index (χ1v) is 7.39. The third-order valence-electron chi connectivity index (χ3n) is 3.90. The molecular formula is C17H20N2O2. The van der Waals surface area contributed by atoms with Gasteiger partial charge in [-0.15, -0.1) is 0 Å². The van der Waals surface area contributed by atoms with E-state index in [0.29, 0.717) is 24.7 Å². The number of rotatable bonds is 6. The van der Waals surface area contributed by atoms with Gasteiger partial charge in [-0.05, 0) is 36.5 Å². The molecule has 0 spiro atoms. The molecule has 2 aromatic rings. The topological polar surface area (TPSA) is 54.3 Å². The normalized spacial score (nSPS) is 15.7. The van der Waals surface area contributed by atoms with Crippen LogP contribution < -0.4 is 5.32 Å². The minimum Gasteiger partial charge on any atom is -0.391 e. The molecule has 1 atom stereocenters. The van der Waals surface area contributed by atoms with Crippen LogP contribution >= 0.6 is 0 Å². The number of nitrogens with zero attached hydrogens (tertiary/aromatic N) is 1. The van der Waals surface area contributed by atoms with Crippen LogP contribution in [0.25, 0.3) is 0 Å². The Kier molecular flexibility index (Phi) is 4.06. The third kappa shape index (κ3) is 3.52. The fourth-order valence-electron chi connectivity index (χ4n) is 2.47. The van der Waals surface area contributed by atoms with E-state index in [4.69, 9.17) is 0 Å². The van der Waals surface area contributed by atoms with Crippen LogP contribution in [-0.4, -0.2) is 28.2 Å². The summed E-state index contributed by atoms with van der Waals surface area (Å²) in [7, 11) is 0. The number of carbonyl (C=O) groups excluding carboxylic acids is 1. The summed E-state index contributed by atoms with van der Waals surface area (Å²) in [6.07, 6.45) is 3.63. The number of carbonyl (C=O) groups is 1. The molecule has 0 aliphatic heterocycles. The molecule has 1 aromatic heterocycles. The number of amides is 1. The first-order valence-electron chi connectivity index (χ1n) is 7.39. The average molecular weight is 284 g/mol. The van der Waals surface area contributed by atoms with Crippen molar-refractivity contribution in [2.24, 2.45) is 5.92 Å². The summed E-state index contributed by atoms with van der Waals surface area (Å²) in [6.45, 7) is 1.00. The number of hydrogen-bond donors (Lipinski definition) is 2. The van der Waals surface area contributed by atoms with Gasteiger partial charge in [0.15, 0.2) is 0 Å². The lowest BCUT2D eigenvalue weighted by Gasteiger charge is -2.12. The van der Waals surface area contributed by atoms with E-state index in [1.807, 2.05) is 53.2 Å². The lowest BCUT2D eigenvalue weighted by molar-refractivity contribution is 0.0892. The van der Waals surface area contributed by atoms with Gasteiger partial charge in [0.2, 0.25) is 0 Å². The van der Waals surface area contributed by atoms with Crippen molar-refractivity contribution in [3.8, 4) is 0 Å². The summed E-state index contributed by atoms with van der Waals surface area (Å²) in [5, 5.41) is 12.6. The second kappa shape index (κ2) is 6.14. The predicted octanol–water partition coefficient (Wildman–Crippen LogP) is 2.04. The Bertz CT molecular complexity index is 602. The van der Waals surface area contributed by atoms with E-state index in [-0.39, 0.29) is 5.91 Å². The molecule has 2 N–H and O–H groups in total. The molecule has 1 amide bonds. The van der Waals surface area contributed by atoms with Gasteiger partial charge in [-0.25, -0.2) is 0 Å². The summed E-state index contributed by atoms with van der Waals surface area (Å²) in [5.74, 6) is 0.247. The first-order chi connectivity index (χ1) is 10.2. The highest BCUT2D eigenvalue weighted by Gasteiger charge is 2.29. The molecule has 0 saturated heterocycles. The van der Waals surface area contributed by atoms with Gasteiger partial charge < -0.3 is 15.0 Å². The van der Waals surface area contributed by atoms with Crippen molar-refractivity contribution in [3.63, 3.8) is 0 Å². The number of aliphatic hydroxyl groups excluding tert-OH is 1. The molecule has 1 fully saturated rings. The van der Waals surface area contributed by atoms with Crippen molar-refractivity contribution in [3.05, 3.63) is 59.9 Å². The maximum Gasteiger partial charge on any atom is 0.268 e. The molecule has 0 bridgehead atoms. The van der Waals surface area contributed by atoms with Crippen molar-refractivity contribution in [2.45, 2.75) is 25.5 Å². The van der Waals surface area contributed by atoms with Crippen LogP contribution in [0.3, 0.4) is 0 Å². The highest BCUT2D eigenvalue weighted by molar-refractivity contribution is 5.92. The highest BCUT2D eigenvalue weighted by atomic mass is 16.3. The van der Waals surface area contributed by atoms with E-state index >= 15 is 0 Å². The average Bonchev–Trinajstić information content (AvgIpc) is 3.26. The van der Waals surface area contributed by atoms with E-state index < -0.39 is 6.10 Å². The molecule has 1 aliphatic carbocycles. The fourth-order valence-corrected chi connectivity index (χ4v) is 2.47. The van der Waals surface area contributed by atoms with Crippen LogP contribution in [0, 0.1) is 5.92 Å². The minimum atomic E-state index is -0.411. The van der Waals surface area contributed by atoms with Gasteiger partial charge in [0.25, 0.3) is 5.91 Å². The van der Waals surface area contributed by atoms with Crippen molar-refractivity contribution in [2.75, 3.05) is 6.54 Å². The molecule has 0 radical (unpaired) electrons. The van der Waals surface area contributed by atoms with Crippen LogP contribution in [0.2, 0.25) is 0 Å². The maximum atomic E-state index is 12.2. The van der Waals surface area contributed by atoms with E-state index in [9.17, 15) is 9.90 Å². The van der Waals surface area contributed by atoms with E-state index in [0.717, 1.165) is 18.4 Å². The SMILES string of the molecule is O=C(NCC(O)C1CC1)c1cccn1Cc1ccccc1. The van der Waals surface area contributed by atoms with Gasteiger partial charge in [0.05, 0.1) is 6.10 Å². The van der Waals surface area contributed by atoms with Gasteiger partial charge in [-0.3, -0.25) is 4.79 Å². The molecule has 1 aliphatic rings. The molecule has 4 heteroatoms. The van der Waals surface area contributed by atoms with Crippen molar-refractivity contribution < 1.29 is 9.90 Å². The van der Waals surface area contributed by atoms with Crippen LogP contribution in [-0.2, 0) is 6.54 Å². The number of benzene rings is 1. The molecule has 110 valence electrons. The zero-order chi connectivity index (χ0) is 14.7. The van der Waals surface area contributed by atoms with E-state index in [1.165, 1.54) is 0 Å². The quantitative estimate of drug-likeness (QED) is 0.853. The van der Waals surface area contributed by atoms with E-state index in [1.54, 1.807) is 0 Å². The molecule has 21 heavy (non-hydrogen) atoms. The second-order valence-corrected chi connectivity index (χ2v) is 5.62. The van der Waals surface area contributed by atoms with Gasteiger partial charge in [-0.2, -0.15) is 0 Å². The van der Waals surface area contributed by atoms with Gasteiger partial charge in [0.1, 0.15) is 5.69 Å². The Hall–Kier alpha value is -2.07. The molecule has 1 aromatic carbocycles. The predicted molar refractivity (Wildman–Crippen MR) is 81.0 cm³/mol. The zero-order valence-electron chi connectivity index (χ0n) is 11.9. The summed E-state index contributed by atoms with van der Waals surface area (Å²) < 4.78 is 1.92. The highest BCUT2D eigenvalue weighted by Crippen LogP contribution is 2.32. The van der Waals surface area contributed by atoms with Crippen molar-refractivity contribution >= 4 is 5.91 Å². The summed E-state index contributed by atoms with van der Waals surface area (Å²) in [5.41, 5.74) is 1.78. The zero-order valence-corrected chi connectivity index (χ0v) is 11.9. The molecule has 1 saturated carbocycles. The van der Waals surface area contributed by atoms with Crippen LogP contribution in [0.5, 0.6) is 0 Å². The van der Waals surface area contributed by atoms with Crippen molar-refractivity contribution in [1.29, 1.82) is 0 Å². The first kappa shape index (κ1) is 13.9.